The zero-order chi connectivity index (χ0) is 25.1. The second kappa shape index (κ2) is 11.7. The highest BCUT2D eigenvalue weighted by molar-refractivity contribution is 7.85. The minimum absolute atomic E-state index is 0. The second-order valence-electron chi connectivity index (χ2n) is 9.25. The molecule has 3 heterocycles. The number of aryl methyl sites for hydroxylation is 2. The summed E-state index contributed by atoms with van der Waals surface area (Å²) < 4.78 is 15.7. The van der Waals surface area contributed by atoms with E-state index < -0.39 is 11.0 Å². The molecule has 9 nitrogen and oxygen atoms in total. The van der Waals surface area contributed by atoms with Gasteiger partial charge in [0.1, 0.15) is 11.0 Å². The smallest absolute Gasteiger partial charge is 0.247 e. The van der Waals surface area contributed by atoms with Crippen molar-refractivity contribution in [3.63, 3.8) is 0 Å². The number of fused-ring (bicyclic) bond motifs is 1. The Morgan fingerprint density at radius 2 is 1.65 bits per heavy atom. The molecule has 0 saturated carbocycles. The number of nitrogens with one attached hydrogen (secondary N) is 1. The summed E-state index contributed by atoms with van der Waals surface area (Å²) in [6.07, 6.45) is 5.25. The summed E-state index contributed by atoms with van der Waals surface area (Å²) in [6, 6.07) is 20.7. The molecule has 0 radical (unpaired) electrons. The molecule has 2 aromatic carbocycles. The maximum absolute atomic E-state index is 12.0. The Kier molecular flexibility index (Phi) is 8.42. The molecule has 1 atom stereocenters. The van der Waals surface area contributed by atoms with Crippen LogP contribution in [0, 0.1) is 0 Å². The topological polar surface area (TPSA) is 101 Å². The van der Waals surface area contributed by atoms with Crippen LogP contribution in [0.5, 0.6) is 0 Å². The second-order valence-corrected chi connectivity index (χ2v) is 10.6. The van der Waals surface area contributed by atoms with E-state index in [9.17, 15) is 4.21 Å². The number of nitrogens with zero attached hydrogens (tertiary/aromatic N) is 6. The van der Waals surface area contributed by atoms with Crippen LogP contribution in [-0.2, 0) is 23.8 Å². The third-order valence-electron chi connectivity index (χ3n) is 6.82. The Bertz CT molecular complexity index is 1360. The Morgan fingerprint density at radius 3 is 2.38 bits per heavy atom. The van der Waals surface area contributed by atoms with Gasteiger partial charge in [0.25, 0.3) is 0 Å². The molecular formula is C27H37N7O2S. The molecule has 0 amide bonds. The number of pyridine rings is 1. The van der Waals surface area contributed by atoms with Gasteiger partial charge in [0.15, 0.2) is 5.65 Å². The van der Waals surface area contributed by atoms with Gasteiger partial charge in [0.05, 0.1) is 5.69 Å². The zero-order valence-corrected chi connectivity index (χ0v) is 22.4. The molecule has 1 saturated heterocycles. The average molecular weight is 524 g/mol. The first-order valence-electron chi connectivity index (χ1n) is 12.3. The Labute approximate surface area is 222 Å². The van der Waals surface area contributed by atoms with Crippen molar-refractivity contribution in [3.8, 4) is 0 Å². The molecule has 2 aromatic heterocycles. The van der Waals surface area contributed by atoms with E-state index in [0.29, 0.717) is 5.95 Å². The number of piperazine rings is 1. The number of benzene rings is 2. The van der Waals surface area contributed by atoms with E-state index in [1.165, 1.54) is 5.69 Å². The van der Waals surface area contributed by atoms with Crippen LogP contribution >= 0.6 is 0 Å². The lowest BCUT2D eigenvalue weighted by molar-refractivity contribution is 0.313. The molecule has 0 aliphatic carbocycles. The van der Waals surface area contributed by atoms with Crippen LogP contribution in [0.4, 0.5) is 23.0 Å². The van der Waals surface area contributed by atoms with E-state index >= 15 is 0 Å². The first-order valence-corrected chi connectivity index (χ1v) is 13.8. The van der Waals surface area contributed by atoms with Gasteiger partial charge in [0, 0.05) is 58.5 Å². The van der Waals surface area contributed by atoms with E-state index in [2.05, 4.69) is 63.7 Å². The number of rotatable bonds is 8. The molecule has 3 N–H and O–H groups in total. The molecule has 0 spiro atoms. The standard InChI is InChI=1S/C27H33N7OS.H2O.H2/c1-31-17-19-33(20-18-31)24-14-12-23(13-15-24)28-27-29-26-22(8-6-16-34(26)30-27)11-10-21-7-4-5-9-25(21)32(2)36(3)35;;/h4-9,12-16H,10-11,17-20H2,1-3H3,(H,28,30);1H2;1H. The molecule has 4 aromatic rings. The van der Waals surface area contributed by atoms with Crippen LogP contribution in [0.2, 0.25) is 0 Å². The third-order valence-corrected chi connectivity index (χ3v) is 7.78. The first-order chi connectivity index (χ1) is 17.5. The minimum atomic E-state index is -1.07. The van der Waals surface area contributed by atoms with Gasteiger partial charge in [-0.1, -0.05) is 24.3 Å². The van der Waals surface area contributed by atoms with Crippen LogP contribution in [0.15, 0.2) is 66.9 Å². The van der Waals surface area contributed by atoms with Crippen molar-refractivity contribution in [2.45, 2.75) is 12.8 Å². The quantitative estimate of drug-likeness (QED) is 0.381. The summed E-state index contributed by atoms with van der Waals surface area (Å²) in [5.74, 6) is 0.580. The Balaban J connectivity index is 0.00000200. The van der Waals surface area contributed by atoms with Crippen LogP contribution in [0.3, 0.4) is 0 Å². The van der Waals surface area contributed by atoms with Crippen molar-refractivity contribution in [2.24, 2.45) is 0 Å². The summed E-state index contributed by atoms with van der Waals surface area (Å²) in [4.78, 5) is 9.58. The van der Waals surface area contributed by atoms with Gasteiger partial charge in [-0.3, -0.25) is 4.31 Å². The SMILES string of the molecule is CN1CCN(c2ccc(Nc3nc4c(CCc5ccccc5N(C)S(C)=O)cccn4n3)cc2)CC1.O.[HH]. The Morgan fingerprint density at radius 1 is 0.973 bits per heavy atom. The predicted molar refractivity (Wildman–Crippen MR) is 154 cm³/mol. The summed E-state index contributed by atoms with van der Waals surface area (Å²) in [6.45, 7) is 4.29. The van der Waals surface area contributed by atoms with Gasteiger partial charge < -0.3 is 20.6 Å². The van der Waals surface area contributed by atoms with Crippen molar-refractivity contribution >= 4 is 39.6 Å². The van der Waals surface area contributed by atoms with Crippen LogP contribution in [0.25, 0.3) is 5.65 Å². The fourth-order valence-electron chi connectivity index (χ4n) is 4.60. The normalized spacial score (nSPS) is 14.8. The maximum Gasteiger partial charge on any atom is 0.247 e. The highest BCUT2D eigenvalue weighted by atomic mass is 32.2. The monoisotopic (exact) mass is 523 g/mol. The molecule has 1 unspecified atom stereocenters. The predicted octanol–water partition coefficient (Wildman–Crippen LogP) is 3.16. The fourth-order valence-corrected chi connectivity index (χ4v) is 5.05. The van der Waals surface area contributed by atoms with Crippen LogP contribution in [-0.4, -0.2) is 75.7 Å². The zero-order valence-electron chi connectivity index (χ0n) is 21.6. The number of hydrogen-bond acceptors (Lipinski definition) is 6. The van der Waals surface area contributed by atoms with Crippen LogP contribution < -0.4 is 14.5 Å². The highest BCUT2D eigenvalue weighted by Gasteiger charge is 2.15. The molecule has 37 heavy (non-hydrogen) atoms. The summed E-state index contributed by atoms with van der Waals surface area (Å²) in [5, 5.41) is 8.00. The molecule has 198 valence electrons. The van der Waals surface area contributed by atoms with E-state index in [-0.39, 0.29) is 6.90 Å². The molecular weight excluding hydrogens is 486 g/mol. The molecule has 1 fully saturated rings. The van der Waals surface area contributed by atoms with Crippen molar-refractivity contribution in [1.82, 2.24) is 19.5 Å². The Hall–Kier alpha value is -3.47. The summed E-state index contributed by atoms with van der Waals surface area (Å²) in [7, 11) is 2.97. The number of para-hydroxylation sites is 1. The third kappa shape index (κ3) is 6.10. The summed E-state index contributed by atoms with van der Waals surface area (Å²) >= 11 is 0. The molecule has 0 bridgehead atoms. The van der Waals surface area contributed by atoms with Crippen molar-refractivity contribution in [3.05, 3.63) is 78.0 Å². The van der Waals surface area contributed by atoms with Crippen molar-refractivity contribution in [1.29, 1.82) is 0 Å². The van der Waals surface area contributed by atoms with Gasteiger partial charge in [-0.2, -0.15) is 4.98 Å². The molecule has 5 rings (SSSR count). The number of anilines is 4. The van der Waals surface area contributed by atoms with E-state index in [1.807, 2.05) is 46.3 Å². The lowest BCUT2D eigenvalue weighted by Gasteiger charge is -2.34. The van der Waals surface area contributed by atoms with E-state index in [0.717, 1.165) is 67.2 Å². The van der Waals surface area contributed by atoms with Crippen molar-refractivity contribution in [2.75, 3.05) is 61.1 Å². The largest absolute Gasteiger partial charge is 0.412 e. The number of hydrogen-bond donors (Lipinski definition) is 1. The summed E-state index contributed by atoms with van der Waals surface area (Å²) in [5.41, 5.74) is 6.34. The van der Waals surface area contributed by atoms with E-state index in [1.54, 1.807) is 6.26 Å². The minimum Gasteiger partial charge on any atom is -0.412 e. The van der Waals surface area contributed by atoms with Crippen LogP contribution in [0.1, 0.15) is 12.6 Å². The fraction of sp³-hybridized carbons (Fsp3) is 0.333. The lowest BCUT2D eigenvalue weighted by atomic mass is 10.0. The maximum atomic E-state index is 12.0. The van der Waals surface area contributed by atoms with Gasteiger partial charge in [-0.15, -0.1) is 5.10 Å². The average Bonchev–Trinajstić information content (AvgIpc) is 3.31. The first kappa shape index (κ1) is 26.6. The lowest BCUT2D eigenvalue weighted by Crippen LogP contribution is -2.44. The number of likely N-dealkylation sites (N-methyl/N-ethyl adjacent to an activating group) is 1. The molecule has 1 aliphatic heterocycles. The van der Waals surface area contributed by atoms with Gasteiger partial charge in [0.2, 0.25) is 5.95 Å². The highest BCUT2D eigenvalue weighted by Crippen LogP contribution is 2.24. The van der Waals surface area contributed by atoms with Gasteiger partial charge in [-0.25, -0.2) is 8.72 Å². The van der Waals surface area contributed by atoms with Gasteiger partial charge >= 0.3 is 0 Å². The number of aromatic nitrogens is 3. The molecule has 10 heteroatoms. The van der Waals surface area contributed by atoms with Crippen molar-refractivity contribution < 1.29 is 11.1 Å². The van der Waals surface area contributed by atoms with Gasteiger partial charge in [-0.05, 0) is 67.4 Å². The molecule has 1 aliphatic rings. The van der Waals surface area contributed by atoms with E-state index in [4.69, 9.17) is 4.98 Å².